The molecule has 0 aromatic carbocycles. The van der Waals surface area contributed by atoms with Crippen molar-refractivity contribution in [1.29, 1.82) is 0 Å². The van der Waals surface area contributed by atoms with Gasteiger partial charge < -0.3 is 9.80 Å². The van der Waals surface area contributed by atoms with Crippen molar-refractivity contribution in [2.24, 2.45) is 5.92 Å². The summed E-state index contributed by atoms with van der Waals surface area (Å²) in [5, 5.41) is 10.6. The Balaban J connectivity index is 1.94. The topological polar surface area (TPSA) is 83.8 Å². The third kappa shape index (κ3) is 3.44. The minimum Gasteiger partial charge on any atom is -0.339 e. The quantitative estimate of drug-likeness (QED) is 0.626. The molecule has 0 radical (unpaired) electrons. The molecule has 2 amide bonds. The van der Waals surface area contributed by atoms with Crippen molar-refractivity contribution in [3.05, 3.63) is 27.1 Å². The summed E-state index contributed by atoms with van der Waals surface area (Å²) in [7, 11) is 0. The SMILES string of the molecule is CCC(C)C(=O)N1CCN(C(=O)c2ccc([N+](=O)[O-])s2)CC1. The van der Waals surface area contributed by atoms with Crippen molar-refractivity contribution in [2.75, 3.05) is 26.2 Å². The first-order chi connectivity index (χ1) is 10.4. The van der Waals surface area contributed by atoms with Gasteiger partial charge in [-0.1, -0.05) is 25.2 Å². The van der Waals surface area contributed by atoms with Crippen LogP contribution in [0.3, 0.4) is 0 Å². The van der Waals surface area contributed by atoms with Gasteiger partial charge in [0.25, 0.3) is 5.91 Å². The predicted molar refractivity (Wildman–Crippen MR) is 82.9 cm³/mol. The van der Waals surface area contributed by atoms with Gasteiger partial charge in [-0.25, -0.2) is 0 Å². The van der Waals surface area contributed by atoms with E-state index in [0.29, 0.717) is 31.1 Å². The highest BCUT2D eigenvalue weighted by Gasteiger charge is 2.28. The number of carbonyl (C=O) groups excluding carboxylic acids is 2. The number of thiophene rings is 1. The van der Waals surface area contributed by atoms with E-state index in [-0.39, 0.29) is 22.7 Å². The molecule has 22 heavy (non-hydrogen) atoms. The zero-order chi connectivity index (χ0) is 16.3. The molecule has 2 rings (SSSR count). The van der Waals surface area contributed by atoms with E-state index in [9.17, 15) is 19.7 Å². The highest BCUT2D eigenvalue weighted by molar-refractivity contribution is 7.17. The summed E-state index contributed by atoms with van der Waals surface area (Å²) in [5.74, 6) is -0.0719. The summed E-state index contributed by atoms with van der Waals surface area (Å²) in [6.45, 7) is 5.85. The van der Waals surface area contributed by atoms with Crippen LogP contribution in [0.1, 0.15) is 29.9 Å². The maximum Gasteiger partial charge on any atom is 0.324 e. The Kier molecular flexibility index (Phi) is 5.12. The second-order valence-corrected chi connectivity index (χ2v) is 6.38. The lowest BCUT2D eigenvalue weighted by Gasteiger charge is -2.35. The molecular formula is C14H19N3O4S. The monoisotopic (exact) mass is 325 g/mol. The average Bonchev–Trinajstić information content (AvgIpc) is 3.03. The number of rotatable bonds is 4. The number of piperazine rings is 1. The zero-order valence-electron chi connectivity index (χ0n) is 12.7. The van der Waals surface area contributed by atoms with Crippen molar-refractivity contribution >= 4 is 28.2 Å². The van der Waals surface area contributed by atoms with Crippen LogP contribution < -0.4 is 0 Å². The second-order valence-electron chi connectivity index (χ2n) is 5.32. The van der Waals surface area contributed by atoms with Gasteiger partial charge in [0.1, 0.15) is 0 Å². The first kappa shape index (κ1) is 16.4. The molecule has 1 aromatic heterocycles. The van der Waals surface area contributed by atoms with Crippen LogP contribution in [-0.4, -0.2) is 52.7 Å². The van der Waals surface area contributed by atoms with Crippen molar-refractivity contribution in [3.8, 4) is 0 Å². The number of hydrogen-bond donors (Lipinski definition) is 0. The predicted octanol–water partition coefficient (Wildman–Crippen LogP) is 1.99. The molecule has 1 saturated heterocycles. The summed E-state index contributed by atoms with van der Waals surface area (Å²) in [6, 6.07) is 2.84. The van der Waals surface area contributed by atoms with Gasteiger partial charge in [0.2, 0.25) is 5.91 Å². The van der Waals surface area contributed by atoms with E-state index < -0.39 is 4.92 Å². The molecule has 8 heteroatoms. The van der Waals surface area contributed by atoms with Crippen LogP contribution in [0.5, 0.6) is 0 Å². The Hall–Kier alpha value is -1.96. The summed E-state index contributed by atoms with van der Waals surface area (Å²) in [6.07, 6.45) is 0.802. The van der Waals surface area contributed by atoms with Crippen LogP contribution in [0.15, 0.2) is 12.1 Å². The zero-order valence-corrected chi connectivity index (χ0v) is 13.5. The molecule has 1 fully saturated rings. The third-order valence-electron chi connectivity index (χ3n) is 3.90. The Labute approximate surface area is 132 Å². The smallest absolute Gasteiger partial charge is 0.324 e. The van der Waals surface area contributed by atoms with Gasteiger partial charge in [-0.05, 0) is 12.5 Å². The molecule has 0 spiro atoms. The van der Waals surface area contributed by atoms with Gasteiger partial charge in [0.15, 0.2) is 0 Å². The molecule has 0 bridgehead atoms. The Bertz CT molecular complexity index is 578. The van der Waals surface area contributed by atoms with Gasteiger partial charge in [0, 0.05) is 38.2 Å². The molecule has 2 heterocycles. The van der Waals surface area contributed by atoms with Crippen LogP contribution in [0, 0.1) is 16.0 Å². The van der Waals surface area contributed by atoms with E-state index >= 15 is 0 Å². The lowest BCUT2D eigenvalue weighted by atomic mass is 10.1. The normalized spacial score (nSPS) is 16.5. The lowest BCUT2D eigenvalue weighted by Crippen LogP contribution is -2.51. The molecule has 1 aliphatic rings. The fraction of sp³-hybridized carbons (Fsp3) is 0.571. The number of nitro groups is 1. The van der Waals surface area contributed by atoms with Gasteiger partial charge in [0.05, 0.1) is 9.80 Å². The fourth-order valence-corrected chi connectivity index (χ4v) is 3.10. The van der Waals surface area contributed by atoms with Gasteiger partial charge in [-0.2, -0.15) is 0 Å². The van der Waals surface area contributed by atoms with E-state index in [1.807, 2.05) is 13.8 Å². The number of nitrogens with zero attached hydrogens (tertiary/aromatic N) is 3. The first-order valence-electron chi connectivity index (χ1n) is 7.26. The van der Waals surface area contributed by atoms with Crippen molar-refractivity contribution in [1.82, 2.24) is 9.80 Å². The van der Waals surface area contributed by atoms with E-state index in [1.54, 1.807) is 9.80 Å². The average molecular weight is 325 g/mol. The minimum atomic E-state index is -0.496. The van der Waals surface area contributed by atoms with Crippen molar-refractivity contribution in [3.63, 3.8) is 0 Å². The number of amides is 2. The Morgan fingerprint density at radius 2 is 1.86 bits per heavy atom. The summed E-state index contributed by atoms with van der Waals surface area (Å²) in [5.41, 5.74) is 0. The fourth-order valence-electron chi connectivity index (χ4n) is 2.31. The van der Waals surface area contributed by atoms with E-state index in [4.69, 9.17) is 0 Å². The summed E-state index contributed by atoms with van der Waals surface area (Å²) in [4.78, 5) is 38.4. The minimum absolute atomic E-state index is 0.00203. The molecule has 7 nitrogen and oxygen atoms in total. The molecule has 1 aliphatic heterocycles. The summed E-state index contributed by atoms with van der Waals surface area (Å²) < 4.78 is 0. The maximum atomic E-state index is 12.3. The molecule has 120 valence electrons. The highest BCUT2D eigenvalue weighted by atomic mass is 32.1. The first-order valence-corrected chi connectivity index (χ1v) is 8.08. The number of carbonyl (C=O) groups is 2. The van der Waals surface area contributed by atoms with E-state index in [2.05, 4.69) is 0 Å². The molecule has 1 aromatic rings. The van der Waals surface area contributed by atoms with Crippen LogP contribution in [0.4, 0.5) is 5.00 Å². The highest BCUT2D eigenvalue weighted by Crippen LogP contribution is 2.25. The van der Waals surface area contributed by atoms with Gasteiger partial charge in [-0.15, -0.1) is 0 Å². The van der Waals surface area contributed by atoms with E-state index in [1.165, 1.54) is 12.1 Å². The molecule has 0 N–H and O–H groups in total. The molecule has 0 aliphatic carbocycles. The van der Waals surface area contributed by atoms with Crippen LogP contribution >= 0.6 is 11.3 Å². The van der Waals surface area contributed by atoms with Crippen LogP contribution in [0.2, 0.25) is 0 Å². The Morgan fingerprint density at radius 1 is 1.27 bits per heavy atom. The molecule has 1 unspecified atom stereocenters. The van der Waals surface area contributed by atoms with Crippen molar-refractivity contribution in [2.45, 2.75) is 20.3 Å². The summed E-state index contributed by atoms with van der Waals surface area (Å²) >= 11 is 0.888. The van der Waals surface area contributed by atoms with Crippen molar-refractivity contribution < 1.29 is 14.5 Å². The van der Waals surface area contributed by atoms with E-state index in [0.717, 1.165) is 17.8 Å². The molecular weight excluding hydrogens is 306 g/mol. The van der Waals surface area contributed by atoms with Crippen LogP contribution in [0.25, 0.3) is 0 Å². The standard InChI is InChI=1S/C14H19N3O4S/c1-3-10(2)13(18)15-6-8-16(9-7-15)14(19)11-4-5-12(22-11)17(20)21/h4-5,10H,3,6-9H2,1-2H3. The Morgan fingerprint density at radius 3 is 2.36 bits per heavy atom. The third-order valence-corrected chi connectivity index (χ3v) is 4.92. The van der Waals surface area contributed by atoms with Gasteiger partial charge in [-0.3, -0.25) is 19.7 Å². The number of hydrogen-bond acceptors (Lipinski definition) is 5. The second kappa shape index (κ2) is 6.87. The lowest BCUT2D eigenvalue weighted by molar-refractivity contribution is -0.380. The molecule has 1 atom stereocenters. The maximum absolute atomic E-state index is 12.3. The largest absolute Gasteiger partial charge is 0.339 e. The van der Waals surface area contributed by atoms with Crippen LogP contribution in [-0.2, 0) is 4.79 Å². The van der Waals surface area contributed by atoms with Gasteiger partial charge >= 0.3 is 5.00 Å². The molecule has 0 saturated carbocycles.